The van der Waals surface area contributed by atoms with Crippen LogP contribution in [0.2, 0.25) is 0 Å². The topological polar surface area (TPSA) is 101 Å². The van der Waals surface area contributed by atoms with E-state index in [2.05, 4.69) is 0 Å². The third-order valence-corrected chi connectivity index (χ3v) is 4.95. The van der Waals surface area contributed by atoms with E-state index < -0.39 is 34.1 Å². The van der Waals surface area contributed by atoms with E-state index >= 15 is 0 Å². The van der Waals surface area contributed by atoms with Gasteiger partial charge in [-0.15, -0.1) is 11.8 Å². The maximum Gasteiger partial charge on any atom is 0.272 e. The van der Waals surface area contributed by atoms with Gasteiger partial charge < -0.3 is 5.11 Å². The lowest BCUT2D eigenvalue weighted by molar-refractivity contribution is -0.384. The van der Waals surface area contributed by atoms with Crippen LogP contribution in [0, 0.1) is 21.7 Å². The molecule has 0 unspecified atom stereocenters. The van der Waals surface area contributed by atoms with Gasteiger partial charge in [-0.1, -0.05) is 0 Å². The Labute approximate surface area is 161 Å². The van der Waals surface area contributed by atoms with Gasteiger partial charge >= 0.3 is 0 Å². The van der Waals surface area contributed by atoms with Crippen molar-refractivity contribution >= 4 is 40.5 Å². The van der Waals surface area contributed by atoms with Crippen LogP contribution < -0.4 is 4.90 Å². The Balaban J connectivity index is 2.08. The van der Waals surface area contributed by atoms with Crippen LogP contribution in [-0.4, -0.2) is 34.2 Å². The van der Waals surface area contributed by atoms with Crippen molar-refractivity contribution < 1.29 is 28.4 Å². The zero-order chi connectivity index (χ0) is 20.4. The number of carbonyl (C=O) groups is 2. The Morgan fingerprint density at radius 1 is 1.07 bits per heavy atom. The van der Waals surface area contributed by atoms with Gasteiger partial charge in [0.25, 0.3) is 17.5 Å². The molecule has 0 fully saturated rings. The summed E-state index contributed by atoms with van der Waals surface area (Å²) in [7, 11) is 0. The molecule has 0 spiro atoms. The summed E-state index contributed by atoms with van der Waals surface area (Å²) in [4.78, 5) is 36.5. The summed E-state index contributed by atoms with van der Waals surface area (Å²) < 4.78 is 27.4. The molecule has 0 aliphatic carbocycles. The molecular formula is C18H12F2N2O5S. The highest BCUT2D eigenvalue weighted by molar-refractivity contribution is 8.04. The molecule has 7 nitrogen and oxygen atoms in total. The number of nitrogens with zero attached hydrogens (tertiary/aromatic N) is 2. The zero-order valence-corrected chi connectivity index (χ0v) is 14.9. The van der Waals surface area contributed by atoms with E-state index in [-0.39, 0.29) is 34.1 Å². The van der Waals surface area contributed by atoms with Crippen LogP contribution in [0.4, 0.5) is 20.2 Å². The quantitative estimate of drug-likeness (QED) is 0.450. The third kappa shape index (κ3) is 3.51. The monoisotopic (exact) mass is 406 g/mol. The number of non-ortho nitro benzene ring substituents is 1. The van der Waals surface area contributed by atoms with Crippen LogP contribution in [0.5, 0.6) is 0 Å². The van der Waals surface area contributed by atoms with Crippen molar-refractivity contribution in [3.05, 3.63) is 74.7 Å². The first kappa shape index (κ1) is 19.6. The minimum atomic E-state index is -1.09. The third-order valence-electron chi connectivity index (χ3n) is 3.90. The molecule has 28 heavy (non-hydrogen) atoms. The molecule has 1 heterocycles. The van der Waals surface area contributed by atoms with Crippen molar-refractivity contribution in [2.45, 2.75) is 0 Å². The number of nitro benzene ring substituents is 1. The van der Waals surface area contributed by atoms with E-state index in [1.807, 2.05) is 0 Å². The average Bonchev–Trinajstić information content (AvgIpc) is 2.90. The number of benzene rings is 2. The summed E-state index contributed by atoms with van der Waals surface area (Å²) in [6.07, 6.45) is 0. The van der Waals surface area contributed by atoms with Gasteiger partial charge in [-0.05, 0) is 29.8 Å². The van der Waals surface area contributed by atoms with E-state index in [0.717, 1.165) is 23.9 Å². The SMILES string of the molecule is O=C1C(SCCO)=C(c2ccc([N+](=O)[O-])cc2)C(=O)N1c1ccc(F)cc1F. The number of hydrogen-bond acceptors (Lipinski definition) is 6. The summed E-state index contributed by atoms with van der Waals surface area (Å²) in [6.45, 7) is -0.270. The minimum Gasteiger partial charge on any atom is -0.396 e. The molecule has 10 heteroatoms. The molecule has 1 N–H and O–H groups in total. The fourth-order valence-corrected chi connectivity index (χ4v) is 3.54. The number of hydrogen-bond donors (Lipinski definition) is 1. The summed E-state index contributed by atoms with van der Waals surface area (Å²) in [5, 5.41) is 19.9. The van der Waals surface area contributed by atoms with Crippen LogP contribution in [-0.2, 0) is 9.59 Å². The highest BCUT2D eigenvalue weighted by Crippen LogP contribution is 2.39. The lowest BCUT2D eigenvalue weighted by atomic mass is 10.1. The van der Waals surface area contributed by atoms with Gasteiger partial charge in [0, 0.05) is 24.0 Å². The second-order valence-electron chi connectivity index (χ2n) is 5.62. The molecule has 1 aliphatic rings. The molecule has 2 amide bonds. The van der Waals surface area contributed by atoms with Gasteiger partial charge in [0.1, 0.15) is 11.6 Å². The number of amides is 2. The highest BCUT2D eigenvalue weighted by atomic mass is 32.2. The summed E-state index contributed by atoms with van der Waals surface area (Å²) >= 11 is 0.904. The molecule has 0 atom stereocenters. The first-order valence-electron chi connectivity index (χ1n) is 7.91. The molecule has 2 aromatic rings. The molecule has 0 bridgehead atoms. The molecule has 144 valence electrons. The fraction of sp³-hybridized carbons (Fsp3) is 0.111. The molecule has 0 saturated carbocycles. The predicted molar refractivity (Wildman–Crippen MR) is 98.4 cm³/mol. The van der Waals surface area contributed by atoms with Gasteiger partial charge in [0.05, 0.1) is 27.7 Å². The Morgan fingerprint density at radius 2 is 1.75 bits per heavy atom. The number of rotatable bonds is 6. The summed E-state index contributed by atoms with van der Waals surface area (Å²) in [5.41, 5.74) is -0.445. The van der Waals surface area contributed by atoms with Gasteiger partial charge in [0.2, 0.25) is 0 Å². The largest absolute Gasteiger partial charge is 0.396 e. The van der Waals surface area contributed by atoms with Gasteiger partial charge in [-0.3, -0.25) is 19.7 Å². The van der Waals surface area contributed by atoms with Crippen molar-refractivity contribution in [3.8, 4) is 0 Å². The number of carbonyl (C=O) groups excluding carboxylic acids is 2. The number of halogens is 2. The normalized spacial score (nSPS) is 14.2. The van der Waals surface area contributed by atoms with Crippen LogP contribution >= 0.6 is 11.8 Å². The van der Waals surface area contributed by atoms with E-state index in [9.17, 15) is 28.5 Å². The summed E-state index contributed by atoms with van der Waals surface area (Å²) in [6, 6.07) is 7.42. The molecule has 1 aliphatic heterocycles. The average molecular weight is 406 g/mol. The maximum absolute atomic E-state index is 14.2. The smallest absolute Gasteiger partial charge is 0.272 e. The van der Waals surface area contributed by atoms with Crippen LogP contribution in [0.1, 0.15) is 5.56 Å². The van der Waals surface area contributed by atoms with Crippen molar-refractivity contribution in [2.24, 2.45) is 0 Å². The fourth-order valence-electron chi connectivity index (χ4n) is 2.68. The first-order chi connectivity index (χ1) is 13.3. The van der Waals surface area contributed by atoms with Crippen LogP contribution in [0.3, 0.4) is 0 Å². The van der Waals surface area contributed by atoms with E-state index in [0.29, 0.717) is 11.0 Å². The van der Waals surface area contributed by atoms with E-state index in [4.69, 9.17) is 5.11 Å². The lowest BCUT2D eigenvalue weighted by Gasteiger charge is -2.16. The van der Waals surface area contributed by atoms with E-state index in [1.54, 1.807) is 0 Å². The Kier molecular flexibility index (Phi) is 5.52. The van der Waals surface area contributed by atoms with Crippen molar-refractivity contribution in [1.82, 2.24) is 0 Å². The standard InChI is InChI=1S/C18H12F2N2O5S/c19-11-3-6-14(13(20)9-11)21-17(24)15(16(18(21)25)28-8-7-23)10-1-4-12(5-2-10)22(26)27/h1-6,9,23H,7-8H2. The Hall–Kier alpha value is -3.11. The maximum atomic E-state index is 14.2. The number of aliphatic hydroxyl groups is 1. The van der Waals surface area contributed by atoms with Crippen LogP contribution in [0.25, 0.3) is 5.57 Å². The zero-order valence-electron chi connectivity index (χ0n) is 14.1. The van der Waals surface area contributed by atoms with E-state index in [1.165, 1.54) is 24.3 Å². The van der Waals surface area contributed by atoms with Crippen LogP contribution in [0.15, 0.2) is 47.4 Å². The van der Waals surface area contributed by atoms with Gasteiger partial charge in [-0.25, -0.2) is 13.7 Å². The van der Waals surface area contributed by atoms with Gasteiger partial charge in [0.15, 0.2) is 0 Å². The molecule has 0 aromatic heterocycles. The molecule has 2 aromatic carbocycles. The molecule has 3 rings (SSSR count). The number of imide groups is 1. The number of anilines is 1. The lowest BCUT2D eigenvalue weighted by Crippen LogP contribution is -2.32. The van der Waals surface area contributed by atoms with Crippen molar-refractivity contribution in [3.63, 3.8) is 0 Å². The van der Waals surface area contributed by atoms with Crippen molar-refractivity contribution in [1.29, 1.82) is 0 Å². The Morgan fingerprint density at radius 3 is 2.32 bits per heavy atom. The molecule has 0 radical (unpaired) electrons. The highest BCUT2D eigenvalue weighted by Gasteiger charge is 2.41. The number of aliphatic hydroxyl groups excluding tert-OH is 1. The van der Waals surface area contributed by atoms with Gasteiger partial charge in [-0.2, -0.15) is 0 Å². The second kappa shape index (κ2) is 7.87. The molecule has 0 saturated heterocycles. The number of thioether (sulfide) groups is 1. The summed E-state index contributed by atoms with van der Waals surface area (Å²) in [5.74, 6) is -3.51. The van der Waals surface area contributed by atoms with Crippen molar-refractivity contribution in [2.75, 3.05) is 17.3 Å². The minimum absolute atomic E-state index is 0.0309. The first-order valence-corrected chi connectivity index (χ1v) is 8.90. The Bertz CT molecular complexity index is 1010. The predicted octanol–water partition coefficient (Wildman–Crippen LogP) is 2.88. The molecular weight excluding hydrogens is 394 g/mol. The number of nitro groups is 1. The second-order valence-corrected chi connectivity index (χ2v) is 6.73.